The molecule has 1 saturated heterocycles. The van der Waals surface area contributed by atoms with Gasteiger partial charge in [0.1, 0.15) is 7.11 Å². The van der Waals surface area contributed by atoms with E-state index in [9.17, 15) is 0 Å². The van der Waals surface area contributed by atoms with E-state index in [4.69, 9.17) is 5.73 Å². The van der Waals surface area contributed by atoms with E-state index >= 15 is 0 Å². The van der Waals surface area contributed by atoms with Crippen LogP contribution in [0.4, 0.5) is 0 Å². The first-order valence-electron chi connectivity index (χ1n) is 3.28. The van der Waals surface area contributed by atoms with Crippen molar-refractivity contribution in [2.24, 2.45) is 10.9 Å². The Morgan fingerprint density at radius 3 is 2.90 bits per heavy atom. The molecule has 58 valence electrons. The largest absolute Gasteiger partial charge is 0.399 e. The molecular weight excluding hydrogens is 130 g/mol. The number of likely N-dealkylation sites (tertiary alicyclic amines) is 1. The zero-order valence-corrected chi connectivity index (χ0v) is 6.37. The van der Waals surface area contributed by atoms with Crippen LogP contribution in [0.3, 0.4) is 0 Å². The predicted molar refractivity (Wildman–Crippen MR) is 39.9 cm³/mol. The summed E-state index contributed by atoms with van der Waals surface area (Å²) in [5.41, 5.74) is 6.64. The van der Waals surface area contributed by atoms with Crippen molar-refractivity contribution in [1.29, 1.82) is 0 Å². The molecule has 1 atom stereocenters. The third kappa shape index (κ3) is 1.46. The van der Waals surface area contributed by atoms with Crippen LogP contribution in [0.15, 0.2) is 5.16 Å². The minimum Gasteiger partial charge on any atom is -0.399 e. The molecule has 4 nitrogen and oxygen atoms in total. The van der Waals surface area contributed by atoms with E-state index in [0.717, 1.165) is 18.8 Å². The van der Waals surface area contributed by atoms with Crippen LogP contribution >= 0.6 is 0 Å². The standard InChI is InChI=1S/C6H13N3O/c1-9-3-5(7)6(4-9)8-10-2/h5H,3-4,7H2,1-2H3/b8-6+. The highest BCUT2D eigenvalue weighted by molar-refractivity contribution is 5.92. The first-order chi connectivity index (χ1) is 4.74. The number of hydrogen-bond acceptors (Lipinski definition) is 4. The van der Waals surface area contributed by atoms with E-state index in [2.05, 4.69) is 14.9 Å². The lowest BCUT2D eigenvalue weighted by Gasteiger charge is -2.02. The topological polar surface area (TPSA) is 50.8 Å². The maximum absolute atomic E-state index is 5.70. The van der Waals surface area contributed by atoms with E-state index in [0.29, 0.717) is 0 Å². The summed E-state index contributed by atoms with van der Waals surface area (Å²) in [6, 6.07) is 0.0601. The molecule has 10 heavy (non-hydrogen) atoms. The number of rotatable bonds is 1. The highest BCUT2D eigenvalue weighted by Crippen LogP contribution is 2.01. The summed E-state index contributed by atoms with van der Waals surface area (Å²) in [5.74, 6) is 0. The molecule has 0 bridgehead atoms. The molecule has 0 saturated carbocycles. The van der Waals surface area contributed by atoms with Crippen LogP contribution in [0, 0.1) is 0 Å². The molecule has 1 aliphatic heterocycles. The molecule has 0 spiro atoms. The van der Waals surface area contributed by atoms with Gasteiger partial charge < -0.3 is 10.6 Å². The van der Waals surface area contributed by atoms with Crippen molar-refractivity contribution in [3.8, 4) is 0 Å². The van der Waals surface area contributed by atoms with Crippen molar-refractivity contribution in [1.82, 2.24) is 4.90 Å². The van der Waals surface area contributed by atoms with Crippen LogP contribution in [0.2, 0.25) is 0 Å². The van der Waals surface area contributed by atoms with Gasteiger partial charge in [-0.1, -0.05) is 5.16 Å². The number of oxime groups is 1. The summed E-state index contributed by atoms with van der Waals surface area (Å²) < 4.78 is 0. The van der Waals surface area contributed by atoms with Crippen molar-refractivity contribution >= 4 is 5.71 Å². The Labute approximate surface area is 60.6 Å². The minimum absolute atomic E-state index is 0.0601. The summed E-state index contributed by atoms with van der Waals surface area (Å²) in [5, 5.41) is 3.81. The number of likely N-dealkylation sites (N-methyl/N-ethyl adjacent to an activating group) is 1. The molecule has 1 fully saturated rings. The molecule has 0 radical (unpaired) electrons. The third-order valence-corrected chi connectivity index (χ3v) is 1.58. The number of hydrogen-bond donors (Lipinski definition) is 1. The summed E-state index contributed by atoms with van der Waals surface area (Å²) in [4.78, 5) is 6.74. The van der Waals surface area contributed by atoms with Gasteiger partial charge in [-0.25, -0.2) is 0 Å². The molecule has 2 N–H and O–H groups in total. The van der Waals surface area contributed by atoms with Crippen LogP contribution in [-0.4, -0.2) is 43.9 Å². The van der Waals surface area contributed by atoms with Gasteiger partial charge in [-0.3, -0.25) is 4.90 Å². The Bertz CT molecular complexity index is 146. The maximum Gasteiger partial charge on any atom is 0.106 e. The lowest BCUT2D eigenvalue weighted by atomic mass is 10.2. The molecule has 0 aromatic heterocycles. The highest BCUT2D eigenvalue weighted by atomic mass is 16.6. The first-order valence-corrected chi connectivity index (χ1v) is 3.28. The molecule has 0 aliphatic carbocycles. The quantitative estimate of drug-likeness (QED) is 0.492. The second-order valence-electron chi connectivity index (χ2n) is 2.57. The molecule has 1 unspecified atom stereocenters. The van der Waals surface area contributed by atoms with E-state index in [-0.39, 0.29) is 6.04 Å². The number of nitrogens with zero attached hydrogens (tertiary/aromatic N) is 2. The van der Waals surface area contributed by atoms with Gasteiger partial charge in [-0.2, -0.15) is 0 Å². The fourth-order valence-electron chi connectivity index (χ4n) is 1.11. The van der Waals surface area contributed by atoms with Gasteiger partial charge in [-0.15, -0.1) is 0 Å². The minimum atomic E-state index is 0.0601. The Kier molecular flexibility index (Phi) is 2.24. The van der Waals surface area contributed by atoms with Gasteiger partial charge >= 0.3 is 0 Å². The molecule has 1 aliphatic rings. The zero-order valence-electron chi connectivity index (χ0n) is 6.37. The van der Waals surface area contributed by atoms with Crippen molar-refractivity contribution in [3.05, 3.63) is 0 Å². The van der Waals surface area contributed by atoms with Crippen LogP contribution < -0.4 is 5.73 Å². The maximum atomic E-state index is 5.70. The van der Waals surface area contributed by atoms with Crippen molar-refractivity contribution in [3.63, 3.8) is 0 Å². The fraction of sp³-hybridized carbons (Fsp3) is 0.833. The summed E-state index contributed by atoms with van der Waals surface area (Å²) in [6.07, 6.45) is 0. The van der Waals surface area contributed by atoms with E-state index in [1.54, 1.807) is 0 Å². The van der Waals surface area contributed by atoms with Gasteiger partial charge in [0.2, 0.25) is 0 Å². The van der Waals surface area contributed by atoms with Crippen LogP contribution in [0.1, 0.15) is 0 Å². The fourth-order valence-corrected chi connectivity index (χ4v) is 1.11. The monoisotopic (exact) mass is 143 g/mol. The average molecular weight is 143 g/mol. The number of nitrogens with two attached hydrogens (primary N) is 1. The van der Waals surface area contributed by atoms with Gasteiger partial charge in [0, 0.05) is 13.1 Å². The SMILES string of the molecule is CO/N=C1\CN(C)CC1N. The Hall–Kier alpha value is -0.610. The van der Waals surface area contributed by atoms with Gasteiger partial charge in [0.05, 0.1) is 11.8 Å². The molecule has 1 heterocycles. The van der Waals surface area contributed by atoms with E-state index in [1.165, 1.54) is 7.11 Å². The van der Waals surface area contributed by atoms with Gasteiger partial charge in [0.15, 0.2) is 0 Å². The Morgan fingerprint density at radius 1 is 1.80 bits per heavy atom. The lowest BCUT2D eigenvalue weighted by molar-refractivity contribution is 0.212. The molecule has 0 aromatic carbocycles. The predicted octanol–water partition coefficient (Wildman–Crippen LogP) is -0.738. The van der Waals surface area contributed by atoms with Gasteiger partial charge in [-0.05, 0) is 7.05 Å². The molecule has 0 amide bonds. The van der Waals surface area contributed by atoms with E-state index in [1.807, 2.05) is 7.05 Å². The second kappa shape index (κ2) is 2.98. The third-order valence-electron chi connectivity index (χ3n) is 1.58. The van der Waals surface area contributed by atoms with Crippen molar-refractivity contribution in [2.45, 2.75) is 6.04 Å². The summed E-state index contributed by atoms with van der Waals surface area (Å²) in [7, 11) is 3.55. The molecular formula is C6H13N3O. The van der Waals surface area contributed by atoms with Crippen LogP contribution in [0.5, 0.6) is 0 Å². The highest BCUT2D eigenvalue weighted by Gasteiger charge is 2.23. The summed E-state index contributed by atoms with van der Waals surface area (Å²) >= 11 is 0. The van der Waals surface area contributed by atoms with Crippen molar-refractivity contribution in [2.75, 3.05) is 27.2 Å². The van der Waals surface area contributed by atoms with E-state index < -0.39 is 0 Å². The van der Waals surface area contributed by atoms with Crippen molar-refractivity contribution < 1.29 is 4.84 Å². The molecule has 4 heteroatoms. The first kappa shape index (κ1) is 7.50. The zero-order chi connectivity index (χ0) is 7.56. The average Bonchev–Trinajstić information content (AvgIpc) is 2.13. The second-order valence-corrected chi connectivity index (χ2v) is 2.57. The van der Waals surface area contributed by atoms with Gasteiger partial charge in [0.25, 0.3) is 0 Å². The smallest absolute Gasteiger partial charge is 0.106 e. The molecule has 1 rings (SSSR count). The lowest BCUT2D eigenvalue weighted by Crippen LogP contribution is -2.29. The van der Waals surface area contributed by atoms with Crippen LogP contribution in [-0.2, 0) is 4.84 Å². The molecule has 0 aromatic rings. The Balaban J connectivity index is 2.54. The van der Waals surface area contributed by atoms with Crippen LogP contribution in [0.25, 0.3) is 0 Å². The summed E-state index contributed by atoms with van der Waals surface area (Å²) in [6.45, 7) is 1.71. The normalized spacial score (nSPS) is 31.5. The Morgan fingerprint density at radius 2 is 2.50 bits per heavy atom.